The standard InChI is InChI=1S/C15H15NO3/c17-14(18)16-11-15(19,12-7-3-1-4-8-12)13-9-5-2-6-10-13/h1-10,16,19H,11H2,(H,17,18). The van der Waals surface area contributed by atoms with E-state index in [-0.39, 0.29) is 6.54 Å². The zero-order valence-corrected chi connectivity index (χ0v) is 10.3. The van der Waals surface area contributed by atoms with Gasteiger partial charge in [0.05, 0.1) is 6.54 Å². The van der Waals surface area contributed by atoms with Crippen LogP contribution in [0.2, 0.25) is 0 Å². The van der Waals surface area contributed by atoms with E-state index in [0.717, 1.165) is 0 Å². The topological polar surface area (TPSA) is 69.6 Å². The summed E-state index contributed by atoms with van der Waals surface area (Å²) in [6.07, 6.45) is -1.16. The Morgan fingerprint density at radius 2 is 1.37 bits per heavy atom. The lowest BCUT2D eigenvalue weighted by molar-refractivity contribution is 0.0787. The maximum absolute atomic E-state index is 10.9. The van der Waals surface area contributed by atoms with E-state index in [9.17, 15) is 9.90 Å². The van der Waals surface area contributed by atoms with Crippen LogP contribution in [0.4, 0.5) is 4.79 Å². The van der Waals surface area contributed by atoms with Crippen LogP contribution in [-0.2, 0) is 5.60 Å². The van der Waals surface area contributed by atoms with Crippen LogP contribution in [0.15, 0.2) is 60.7 Å². The van der Waals surface area contributed by atoms with Crippen LogP contribution in [-0.4, -0.2) is 22.9 Å². The maximum atomic E-state index is 10.9. The molecule has 1 amide bonds. The van der Waals surface area contributed by atoms with Crippen molar-refractivity contribution in [1.29, 1.82) is 0 Å². The molecule has 19 heavy (non-hydrogen) atoms. The van der Waals surface area contributed by atoms with Gasteiger partial charge in [0.25, 0.3) is 0 Å². The number of carboxylic acid groups (broad SMARTS) is 1. The van der Waals surface area contributed by atoms with E-state index < -0.39 is 11.7 Å². The normalized spacial score (nSPS) is 11.0. The number of aliphatic hydroxyl groups is 1. The van der Waals surface area contributed by atoms with Gasteiger partial charge in [-0.1, -0.05) is 60.7 Å². The molecule has 0 aromatic heterocycles. The van der Waals surface area contributed by atoms with Crippen molar-refractivity contribution in [1.82, 2.24) is 5.32 Å². The summed E-state index contributed by atoms with van der Waals surface area (Å²) >= 11 is 0. The van der Waals surface area contributed by atoms with E-state index in [1.54, 1.807) is 24.3 Å². The van der Waals surface area contributed by atoms with Crippen molar-refractivity contribution in [3.8, 4) is 0 Å². The second-order valence-corrected chi connectivity index (χ2v) is 4.25. The SMILES string of the molecule is O=C(O)NCC(O)(c1ccccc1)c1ccccc1. The molecule has 0 saturated carbocycles. The van der Waals surface area contributed by atoms with Crippen LogP contribution >= 0.6 is 0 Å². The van der Waals surface area contributed by atoms with Crippen molar-refractivity contribution in [3.05, 3.63) is 71.8 Å². The van der Waals surface area contributed by atoms with Gasteiger partial charge in [-0.2, -0.15) is 0 Å². The summed E-state index contributed by atoms with van der Waals surface area (Å²) in [6, 6.07) is 18.0. The van der Waals surface area contributed by atoms with Crippen LogP contribution in [0.3, 0.4) is 0 Å². The van der Waals surface area contributed by atoms with Crippen LogP contribution < -0.4 is 5.32 Å². The van der Waals surface area contributed by atoms with Gasteiger partial charge in [0.2, 0.25) is 0 Å². The Bertz CT molecular complexity index is 500. The molecule has 4 heteroatoms. The van der Waals surface area contributed by atoms with Gasteiger partial charge in [0.1, 0.15) is 5.60 Å². The van der Waals surface area contributed by atoms with E-state index >= 15 is 0 Å². The summed E-state index contributed by atoms with van der Waals surface area (Å²) in [5.41, 5.74) is -0.0779. The number of benzene rings is 2. The first kappa shape index (κ1) is 13.1. The van der Waals surface area contributed by atoms with E-state index in [1.807, 2.05) is 36.4 Å². The summed E-state index contributed by atoms with van der Waals surface area (Å²) in [7, 11) is 0. The molecule has 0 aliphatic carbocycles. The van der Waals surface area contributed by atoms with E-state index in [0.29, 0.717) is 11.1 Å². The average Bonchev–Trinajstić information content (AvgIpc) is 2.46. The summed E-state index contributed by atoms with van der Waals surface area (Å²) in [5.74, 6) is 0. The quantitative estimate of drug-likeness (QED) is 0.786. The van der Waals surface area contributed by atoms with Crippen molar-refractivity contribution < 1.29 is 15.0 Å². The first-order valence-corrected chi connectivity index (χ1v) is 5.93. The monoisotopic (exact) mass is 257 g/mol. The number of nitrogens with one attached hydrogen (secondary N) is 1. The second-order valence-electron chi connectivity index (χ2n) is 4.25. The third-order valence-corrected chi connectivity index (χ3v) is 3.00. The molecule has 0 aliphatic heterocycles. The molecule has 0 atom stereocenters. The lowest BCUT2D eigenvalue weighted by Gasteiger charge is -2.29. The molecule has 3 N–H and O–H groups in total. The zero-order chi connectivity index (χ0) is 13.7. The van der Waals surface area contributed by atoms with Gasteiger partial charge in [-0.05, 0) is 11.1 Å². The number of hydrogen-bond acceptors (Lipinski definition) is 2. The first-order valence-electron chi connectivity index (χ1n) is 5.93. The minimum Gasteiger partial charge on any atom is -0.465 e. The highest BCUT2D eigenvalue weighted by atomic mass is 16.4. The second kappa shape index (κ2) is 5.54. The van der Waals surface area contributed by atoms with Crippen molar-refractivity contribution in [2.45, 2.75) is 5.60 Å². The van der Waals surface area contributed by atoms with Gasteiger partial charge in [0.15, 0.2) is 0 Å². The van der Waals surface area contributed by atoms with Gasteiger partial charge in [0, 0.05) is 0 Å². The molecule has 0 heterocycles. The van der Waals surface area contributed by atoms with Crippen molar-refractivity contribution in [3.63, 3.8) is 0 Å². The fourth-order valence-electron chi connectivity index (χ4n) is 2.00. The molecule has 0 bridgehead atoms. The summed E-state index contributed by atoms with van der Waals surface area (Å²) in [5, 5.41) is 21.9. The lowest BCUT2D eigenvalue weighted by atomic mass is 9.86. The molecule has 0 saturated heterocycles. The number of amides is 1. The van der Waals surface area contributed by atoms with E-state index in [1.165, 1.54) is 0 Å². The lowest BCUT2D eigenvalue weighted by Crippen LogP contribution is -2.41. The molecule has 2 rings (SSSR count). The summed E-state index contributed by atoms with van der Waals surface area (Å²) < 4.78 is 0. The van der Waals surface area contributed by atoms with Gasteiger partial charge in [-0.3, -0.25) is 0 Å². The molecular formula is C15H15NO3. The highest BCUT2D eigenvalue weighted by Gasteiger charge is 2.31. The fourth-order valence-corrected chi connectivity index (χ4v) is 2.00. The smallest absolute Gasteiger partial charge is 0.404 e. The third kappa shape index (κ3) is 2.92. The molecule has 0 spiro atoms. The molecule has 0 radical (unpaired) electrons. The molecule has 2 aromatic rings. The minimum atomic E-state index is -1.37. The highest BCUT2D eigenvalue weighted by Crippen LogP contribution is 2.28. The largest absolute Gasteiger partial charge is 0.465 e. The van der Waals surface area contributed by atoms with Gasteiger partial charge >= 0.3 is 6.09 Å². The fraction of sp³-hybridized carbons (Fsp3) is 0.133. The third-order valence-electron chi connectivity index (χ3n) is 3.00. The number of rotatable bonds is 4. The molecule has 2 aromatic carbocycles. The molecule has 98 valence electrons. The molecule has 0 fully saturated rings. The predicted octanol–water partition coefficient (Wildman–Crippen LogP) is 2.19. The van der Waals surface area contributed by atoms with E-state index in [4.69, 9.17) is 5.11 Å². The van der Waals surface area contributed by atoms with Gasteiger partial charge < -0.3 is 15.5 Å². The number of carbonyl (C=O) groups is 1. The Morgan fingerprint density at radius 3 is 1.74 bits per heavy atom. The summed E-state index contributed by atoms with van der Waals surface area (Å²) in [6.45, 7) is -0.101. The van der Waals surface area contributed by atoms with Crippen molar-refractivity contribution >= 4 is 6.09 Å². The molecule has 0 aliphatic rings. The first-order chi connectivity index (χ1) is 9.13. The van der Waals surface area contributed by atoms with Crippen LogP contribution in [0, 0.1) is 0 Å². The van der Waals surface area contributed by atoms with Crippen molar-refractivity contribution in [2.24, 2.45) is 0 Å². The van der Waals surface area contributed by atoms with E-state index in [2.05, 4.69) is 5.32 Å². The number of hydrogen-bond donors (Lipinski definition) is 3. The Hall–Kier alpha value is -2.33. The molecular weight excluding hydrogens is 242 g/mol. The van der Waals surface area contributed by atoms with Gasteiger partial charge in [-0.25, -0.2) is 4.79 Å². The zero-order valence-electron chi connectivity index (χ0n) is 10.3. The maximum Gasteiger partial charge on any atom is 0.404 e. The Morgan fingerprint density at radius 1 is 0.947 bits per heavy atom. The Kier molecular flexibility index (Phi) is 3.82. The Balaban J connectivity index is 2.41. The highest BCUT2D eigenvalue weighted by molar-refractivity contribution is 5.64. The molecule has 0 unspecified atom stereocenters. The molecule has 4 nitrogen and oxygen atoms in total. The van der Waals surface area contributed by atoms with Crippen LogP contribution in [0.1, 0.15) is 11.1 Å². The Labute approximate surface area is 111 Å². The predicted molar refractivity (Wildman–Crippen MR) is 71.9 cm³/mol. The average molecular weight is 257 g/mol. The van der Waals surface area contributed by atoms with Crippen LogP contribution in [0.25, 0.3) is 0 Å². The minimum absolute atomic E-state index is 0.101. The van der Waals surface area contributed by atoms with Crippen molar-refractivity contribution in [2.75, 3.05) is 6.54 Å². The van der Waals surface area contributed by atoms with Crippen LogP contribution in [0.5, 0.6) is 0 Å². The van der Waals surface area contributed by atoms with Gasteiger partial charge in [-0.15, -0.1) is 0 Å². The summed E-state index contributed by atoms with van der Waals surface area (Å²) in [4.78, 5) is 10.7.